The minimum Gasteiger partial charge on any atom is -0.281 e. The lowest BCUT2D eigenvalue weighted by atomic mass is 9.48. The number of rotatable bonds is 11. The number of hydrogen-bond donors (Lipinski definition) is 1. The van der Waals surface area contributed by atoms with Gasteiger partial charge in [-0.25, -0.2) is 8.42 Å². The first-order chi connectivity index (χ1) is 21.9. The maximum absolute atomic E-state index is 15.7. The summed E-state index contributed by atoms with van der Waals surface area (Å²) in [4.78, 5) is 2.06. The van der Waals surface area contributed by atoms with Crippen molar-refractivity contribution in [3.8, 4) is 0 Å². The van der Waals surface area contributed by atoms with E-state index >= 15 is 8.78 Å². The van der Waals surface area contributed by atoms with Gasteiger partial charge in [-0.1, -0.05) is 48.5 Å². The van der Waals surface area contributed by atoms with Gasteiger partial charge in [-0.3, -0.25) is 4.55 Å². The Balaban J connectivity index is 1.50. The summed E-state index contributed by atoms with van der Waals surface area (Å²) >= 11 is 0. The molecule has 254 valence electrons. The normalized spacial score (nSPS) is 25.7. The number of halogens is 6. The molecule has 0 spiro atoms. The average molecular weight is 720 g/mol. The van der Waals surface area contributed by atoms with E-state index in [-0.39, 0.29) is 23.3 Å². The van der Waals surface area contributed by atoms with Gasteiger partial charge in [0.25, 0.3) is 0 Å². The number of hydrogen-bond acceptors (Lipinski definition) is 4. The van der Waals surface area contributed by atoms with Crippen LogP contribution in [0.1, 0.15) is 55.8 Å². The molecule has 7 rings (SSSR count). The highest BCUT2D eigenvalue weighted by Gasteiger charge is 2.82. The Morgan fingerprint density at radius 3 is 1.57 bits per heavy atom. The zero-order valence-electron chi connectivity index (χ0n) is 24.9. The van der Waals surface area contributed by atoms with E-state index < -0.39 is 64.4 Å². The largest absolute Gasteiger partial charge is 0.439 e. The summed E-state index contributed by atoms with van der Waals surface area (Å²) < 4.78 is 149. The zero-order chi connectivity index (χ0) is 34.0. The molecule has 14 heteroatoms. The lowest BCUT2D eigenvalue weighted by Crippen LogP contribution is -2.61. The van der Waals surface area contributed by atoms with E-state index in [0.29, 0.717) is 24.2 Å². The van der Waals surface area contributed by atoms with E-state index in [0.717, 1.165) is 29.1 Å². The lowest BCUT2D eigenvalue weighted by molar-refractivity contribution is -0.246. The summed E-state index contributed by atoms with van der Waals surface area (Å²) in [7, 11) is -14.7. The third-order valence-corrected chi connectivity index (χ3v) is 15.3. The van der Waals surface area contributed by atoms with Crippen molar-refractivity contribution in [3.05, 3.63) is 90.5 Å². The van der Waals surface area contributed by atoms with E-state index in [4.69, 9.17) is 4.55 Å². The van der Waals surface area contributed by atoms with Crippen molar-refractivity contribution >= 4 is 30.9 Å². The standard InChI is InChI=1S/C33H32F6O5S3/c34-31(35,33(38,39)47(42,43)44)32(36,37)46(40,41)29(21-30-18-22-14-23(19-30)16-24(15-22)20-30)25-8-7-13-28(17-25)45(26-9-3-1-4-10-26)27-11-5-2-6-12-27/h1-13,17,22-24,29H,14-16,18-21H2/p+1. The van der Waals surface area contributed by atoms with Crippen molar-refractivity contribution in [2.24, 2.45) is 23.2 Å². The second kappa shape index (κ2) is 11.8. The average Bonchev–Trinajstić information content (AvgIpc) is 3.00. The molecule has 0 aliphatic heterocycles. The van der Waals surface area contributed by atoms with Gasteiger partial charge in [0.15, 0.2) is 14.7 Å². The van der Waals surface area contributed by atoms with Crippen LogP contribution in [0, 0.1) is 23.2 Å². The van der Waals surface area contributed by atoms with Crippen molar-refractivity contribution in [1.29, 1.82) is 0 Å². The summed E-state index contributed by atoms with van der Waals surface area (Å²) in [5.41, 5.74) is -1.09. The van der Waals surface area contributed by atoms with Crippen LogP contribution < -0.4 is 0 Å². The summed E-state index contributed by atoms with van der Waals surface area (Å²) in [5.74, 6) is -6.36. The van der Waals surface area contributed by atoms with E-state index in [1.165, 1.54) is 18.2 Å². The fourth-order valence-corrected chi connectivity index (χ4v) is 13.0. The van der Waals surface area contributed by atoms with Gasteiger partial charge in [-0.05, 0) is 110 Å². The molecule has 4 saturated carbocycles. The molecule has 5 nitrogen and oxygen atoms in total. The topological polar surface area (TPSA) is 88.5 Å². The van der Waals surface area contributed by atoms with Crippen molar-refractivity contribution in [3.63, 3.8) is 0 Å². The van der Waals surface area contributed by atoms with Crippen LogP contribution in [0.4, 0.5) is 26.3 Å². The van der Waals surface area contributed by atoms with Crippen LogP contribution in [0.15, 0.2) is 99.6 Å². The van der Waals surface area contributed by atoms with E-state index in [1.54, 1.807) is 42.5 Å². The Bertz CT molecular complexity index is 1760. The number of sulfone groups is 1. The molecule has 4 aliphatic carbocycles. The molecule has 4 aliphatic rings. The van der Waals surface area contributed by atoms with Crippen molar-refractivity contribution < 1.29 is 47.7 Å². The van der Waals surface area contributed by atoms with Crippen LogP contribution >= 0.6 is 0 Å². The Kier molecular flexibility index (Phi) is 8.62. The molecule has 47 heavy (non-hydrogen) atoms. The molecule has 1 atom stereocenters. The predicted octanol–water partition coefficient (Wildman–Crippen LogP) is 8.55. The van der Waals surface area contributed by atoms with Gasteiger partial charge in [0.2, 0.25) is 9.84 Å². The minimum atomic E-state index is -7.14. The van der Waals surface area contributed by atoms with Crippen molar-refractivity contribution in [2.45, 2.75) is 81.3 Å². The molecule has 4 bridgehead atoms. The fraction of sp³-hybridized carbons (Fsp3) is 0.455. The summed E-state index contributed by atoms with van der Waals surface area (Å²) in [6.07, 6.45) is 3.66. The molecular weight excluding hydrogens is 687 g/mol. The van der Waals surface area contributed by atoms with Crippen LogP contribution in [0.3, 0.4) is 0 Å². The summed E-state index contributed by atoms with van der Waals surface area (Å²) in [6.45, 7) is 0. The predicted molar refractivity (Wildman–Crippen MR) is 165 cm³/mol. The van der Waals surface area contributed by atoms with Gasteiger partial charge in [-0.2, -0.15) is 34.8 Å². The first-order valence-electron chi connectivity index (χ1n) is 15.2. The monoisotopic (exact) mass is 719 g/mol. The molecule has 3 aromatic carbocycles. The van der Waals surface area contributed by atoms with Crippen LogP contribution in [0.25, 0.3) is 0 Å². The molecule has 3 aromatic rings. The molecule has 4 fully saturated rings. The quantitative estimate of drug-likeness (QED) is 0.122. The second-order valence-electron chi connectivity index (χ2n) is 13.2. The van der Waals surface area contributed by atoms with Crippen LogP contribution in [-0.4, -0.2) is 37.8 Å². The number of alkyl halides is 6. The first kappa shape index (κ1) is 34.3. The smallest absolute Gasteiger partial charge is 0.281 e. The number of benzene rings is 3. The molecule has 0 radical (unpaired) electrons. The van der Waals surface area contributed by atoms with E-state index in [9.17, 15) is 34.4 Å². The second-order valence-corrected chi connectivity index (χ2v) is 18.9. The Hall–Kier alpha value is -2.55. The van der Waals surface area contributed by atoms with Crippen molar-refractivity contribution in [2.75, 3.05) is 0 Å². The van der Waals surface area contributed by atoms with E-state index in [1.807, 2.05) is 24.3 Å². The highest BCUT2D eigenvalue weighted by atomic mass is 32.2. The van der Waals surface area contributed by atoms with Gasteiger partial charge in [-0.15, -0.1) is 0 Å². The van der Waals surface area contributed by atoms with Gasteiger partial charge < -0.3 is 0 Å². The van der Waals surface area contributed by atoms with Crippen molar-refractivity contribution in [1.82, 2.24) is 0 Å². The molecule has 0 saturated heterocycles. The highest BCUT2D eigenvalue weighted by molar-refractivity contribution is 7.97. The molecular formula is C33H33F6O5S3+. The molecule has 0 heterocycles. The van der Waals surface area contributed by atoms with Crippen LogP contribution in [0.2, 0.25) is 0 Å². The van der Waals surface area contributed by atoms with Gasteiger partial charge >= 0.3 is 26.5 Å². The van der Waals surface area contributed by atoms with Gasteiger partial charge in [0.1, 0.15) is 0 Å². The SMILES string of the molecule is O=S(=O)(O)C(F)(F)C(F)(F)C(F)(F)S(=O)(=O)C(CC12CC3CC(CC(C3)C1)C2)c1cccc([S+](c2ccccc2)c2ccccc2)c1. The highest BCUT2D eigenvalue weighted by Crippen LogP contribution is 2.64. The van der Waals surface area contributed by atoms with Crippen LogP contribution in [-0.2, 0) is 30.9 Å². The Morgan fingerprint density at radius 2 is 1.13 bits per heavy atom. The van der Waals surface area contributed by atoms with E-state index in [2.05, 4.69) is 0 Å². The third-order valence-electron chi connectivity index (χ3n) is 9.99. The lowest BCUT2D eigenvalue weighted by Gasteiger charge is -2.57. The fourth-order valence-electron chi connectivity index (χ4n) is 8.39. The molecule has 1 unspecified atom stereocenters. The Morgan fingerprint density at radius 1 is 0.681 bits per heavy atom. The third kappa shape index (κ3) is 5.80. The maximum Gasteiger partial charge on any atom is 0.439 e. The molecule has 0 aromatic heterocycles. The Labute approximate surface area is 272 Å². The zero-order valence-corrected chi connectivity index (χ0v) is 27.4. The van der Waals surface area contributed by atoms with Crippen LogP contribution in [0.5, 0.6) is 0 Å². The maximum atomic E-state index is 15.7. The summed E-state index contributed by atoms with van der Waals surface area (Å²) in [5, 5.41) is -15.8. The summed E-state index contributed by atoms with van der Waals surface area (Å²) in [6, 6.07) is 23.7. The van der Waals surface area contributed by atoms with Gasteiger partial charge in [0, 0.05) is 0 Å². The first-order valence-corrected chi connectivity index (χ1v) is 19.4. The van der Waals surface area contributed by atoms with Gasteiger partial charge in [0.05, 0.1) is 16.1 Å². The molecule has 0 amide bonds. The molecule has 1 N–H and O–H groups in total. The minimum absolute atomic E-state index is 0.212.